The Morgan fingerprint density at radius 1 is 0.479 bits per heavy atom. The number of alkyl halides is 20. The van der Waals surface area contributed by atoms with Crippen LogP contribution in [0.3, 0.4) is 0 Å². The molecular weight excluding hydrogens is 760 g/mol. The van der Waals surface area contributed by atoms with Gasteiger partial charge in [-0.15, -0.1) is 0 Å². The van der Waals surface area contributed by atoms with Gasteiger partial charge in [-0.05, 0) is 12.8 Å². The van der Waals surface area contributed by atoms with E-state index in [2.05, 4.69) is 0 Å². The molecule has 0 atom stereocenters. The zero-order chi connectivity index (χ0) is 38.9. The first-order chi connectivity index (χ1) is 20.9. The number of carbonyl (C=O) groups is 1. The molecule has 0 radical (unpaired) electrons. The van der Waals surface area contributed by atoms with Crippen molar-refractivity contribution in [1.82, 2.24) is 0 Å². The number of carboxylic acid groups (broad SMARTS) is 1. The van der Waals surface area contributed by atoms with Crippen LogP contribution in [-0.2, 0) is 19.6 Å². The zero-order valence-corrected chi connectivity index (χ0v) is 23.9. The van der Waals surface area contributed by atoms with E-state index in [1.54, 1.807) is 0 Å². The summed E-state index contributed by atoms with van der Waals surface area (Å²) in [6.07, 6.45) is -19.8. The van der Waals surface area contributed by atoms with Gasteiger partial charge in [0.1, 0.15) is 0 Å². The van der Waals surface area contributed by atoms with Crippen molar-refractivity contribution in [3.8, 4) is 0 Å². The van der Waals surface area contributed by atoms with Gasteiger partial charge >= 0.3 is 75.0 Å². The van der Waals surface area contributed by atoms with Crippen LogP contribution >= 0.6 is 0 Å². The molecule has 0 aliphatic heterocycles. The molecule has 0 aliphatic rings. The highest BCUT2D eigenvalue weighted by Gasteiger charge is 2.95. The largest absolute Gasteiger partial charge is 0.481 e. The van der Waals surface area contributed by atoms with Crippen LogP contribution in [0.2, 0.25) is 0 Å². The van der Waals surface area contributed by atoms with Crippen molar-refractivity contribution in [3.63, 3.8) is 0 Å². The third-order valence-corrected chi connectivity index (χ3v) is 7.23. The minimum Gasteiger partial charge on any atom is -0.481 e. The van der Waals surface area contributed by atoms with E-state index in [0.717, 1.165) is 4.74 Å². The topological polar surface area (TPSA) is 101 Å². The van der Waals surface area contributed by atoms with Gasteiger partial charge in [-0.3, -0.25) is 9.35 Å². The molecule has 27 heteroatoms. The molecule has 0 heterocycles. The van der Waals surface area contributed by atoms with Crippen molar-refractivity contribution in [2.24, 2.45) is 0 Å². The summed E-state index contributed by atoms with van der Waals surface area (Å²) in [5.41, 5.74) is 0. The molecule has 48 heavy (non-hydrogen) atoms. The molecule has 0 saturated heterocycles. The van der Waals surface area contributed by atoms with Crippen LogP contribution in [0.25, 0.3) is 0 Å². The quantitative estimate of drug-likeness (QED) is 0.0646. The van der Waals surface area contributed by atoms with E-state index in [-0.39, 0.29) is 32.1 Å². The molecule has 288 valence electrons. The van der Waals surface area contributed by atoms with Gasteiger partial charge in [0.2, 0.25) is 0 Å². The minimum atomic E-state index is -9.11. The van der Waals surface area contributed by atoms with Crippen molar-refractivity contribution < 1.29 is 115 Å². The van der Waals surface area contributed by atoms with E-state index < -0.39 is 94.3 Å². The number of hydrogen-bond acceptors (Lipinski definition) is 4. The maximum absolute atomic E-state index is 14.0. The van der Waals surface area contributed by atoms with Gasteiger partial charge in [-0.2, -0.15) is 96.2 Å². The number of unbranched alkanes of at least 4 members (excludes halogenated alkanes) is 7. The molecule has 0 aromatic carbocycles. The van der Waals surface area contributed by atoms with Gasteiger partial charge in [-0.1, -0.05) is 38.5 Å². The molecule has 0 saturated carbocycles. The summed E-state index contributed by atoms with van der Waals surface area (Å²) < 4.78 is 303. The highest BCUT2D eigenvalue weighted by Crippen LogP contribution is 2.64. The monoisotopic (exact) mass is 782 g/mol. The summed E-state index contributed by atoms with van der Waals surface area (Å²) in [6.45, 7) is 0. The Bertz CT molecular complexity index is 1200. The standard InChI is InChI=1S/C21H22F20O6S/c22-12(23,10-8-6-4-2-1-3-5-7-9-11(42)43)13(24,25)14(26,27)15(28,29)16(30,31)17(32,33)18(34,35)19(36,37)47-20(38,39)21(40,41)48(44,45)46/h1-10H2,(H,42,43)(H,44,45,46). The Morgan fingerprint density at radius 3 is 1.15 bits per heavy atom. The molecule has 0 rings (SSSR count). The number of ether oxygens (including phenoxy) is 1. The zero-order valence-electron chi connectivity index (χ0n) is 23.1. The fourth-order valence-electron chi connectivity index (χ4n) is 3.48. The first kappa shape index (κ1) is 45.9. The second-order valence-corrected chi connectivity index (χ2v) is 11.5. The Labute approximate surface area is 255 Å². The van der Waals surface area contributed by atoms with Gasteiger partial charge in [0.05, 0.1) is 0 Å². The first-order valence-electron chi connectivity index (χ1n) is 12.5. The van der Waals surface area contributed by atoms with Crippen LogP contribution in [0.15, 0.2) is 0 Å². The summed E-state index contributed by atoms with van der Waals surface area (Å²) in [5, 5.41) is 0.907. The second-order valence-electron chi connectivity index (χ2n) is 10.0. The summed E-state index contributed by atoms with van der Waals surface area (Å²) in [5.74, 6) is -60.2. The Morgan fingerprint density at radius 2 is 0.792 bits per heavy atom. The van der Waals surface area contributed by atoms with Gasteiger partial charge in [0.25, 0.3) is 0 Å². The number of halogens is 20. The molecule has 0 amide bonds. The predicted octanol–water partition coefficient (Wildman–Crippen LogP) is 9.10. The van der Waals surface area contributed by atoms with Crippen LogP contribution in [0.5, 0.6) is 0 Å². The normalized spacial score (nSPS) is 15.6. The Balaban J connectivity index is 6.14. The van der Waals surface area contributed by atoms with E-state index in [9.17, 15) is 101 Å². The number of rotatable bonds is 22. The molecule has 6 nitrogen and oxygen atoms in total. The lowest BCUT2D eigenvalue weighted by Gasteiger charge is -2.43. The summed E-state index contributed by atoms with van der Waals surface area (Å²) in [7, 11) is -7.75. The van der Waals surface area contributed by atoms with Crippen LogP contribution in [0.4, 0.5) is 87.8 Å². The first-order valence-corrected chi connectivity index (χ1v) is 14.0. The van der Waals surface area contributed by atoms with Crippen LogP contribution in [0.1, 0.15) is 64.2 Å². The van der Waals surface area contributed by atoms with Gasteiger partial charge in [0, 0.05) is 12.8 Å². The van der Waals surface area contributed by atoms with Crippen molar-refractivity contribution >= 4 is 16.1 Å². The molecule has 0 spiro atoms. The van der Waals surface area contributed by atoms with E-state index in [0.29, 0.717) is 12.8 Å². The summed E-state index contributed by atoms with van der Waals surface area (Å²) >= 11 is 0. The molecular formula is C21H22F20O6S. The van der Waals surface area contributed by atoms with E-state index in [4.69, 9.17) is 9.66 Å². The molecule has 0 unspecified atom stereocenters. The van der Waals surface area contributed by atoms with Gasteiger partial charge < -0.3 is 5.11 Å². The smallest absolute Gasteiger partial charge is 0.460 e. The molecule has 2 N–H and O–H groups in total. The van der Waals surface area contributed by atoms with Crippen LogP contribution < -0.4 is 0 Å². The van der Waals surface area contributed by atoms with Crippen molar-refractivity contribution in [2.45, 2.75) is 123 Å². The van der Waals surface area contributed by atoms with Crippen LogP contribution in [0, 0.1) is 0 Å². The van der Waals surface area contributed by atoms with Crippen molar-refractivity contribution in [1.29, 1.82) is 0 Å². The maximum Gasteiger partial charge on any atom is 0.460 e. The number of hydrogen-bond donors (Lipinski definition) is 2. The highest BCUT2D eigenvalue weighted by molar-refractivity contribution is 7.86. The lowest BCUT2D eigenvalue weighted by Crippen LogP contribution is -2.75. The SMILES string of the molecule is O=C(O)CCCCCCCCCCC(F)(F)C(F)(F)C(F)(F)C(F)(F)C(F)(F)C(F)(F)C(F)(F)C(F)(F)OC(F)(F)C(F)(F)S(=O)(=O)O. The molecule has 0 aromatic heterocycles. The Kier molecular flexibility index (Phi) is 13.7. The number of carboxylic acids is 1. The van der Waals surface area contributed by atoms with E-state index >= 15 is 0 Å². The second kappa shape index (κ2) is 14.3. The fraction of sp³-hybridized carbons (Fsp3) is 0.952. The molecule has 0 fully saturated rings. The highest BCUT2D eigenvalue weighted by atomic mass is 32.2. The molecule has 0 aliphatic carbocycles. The van der Waals surface area contributed by atoms with Crippen LogP contribution in [-0.4, -0.2) is 83.0 Å². The average Bonchev–Trinajstić information content (AvgIpc) is 2.87. The van der Waals surface area contributed by atoms with Gasteiger partial charge in [0.15, 0.2) is 0 Å². The van der Waals surface area contributed by atoms with Gasteiger partial charge in [-0.25, -0.2) is 4.74 Å². The molecule has 0 bridgehead atoms. The Hall–Kier alpha value is -2.06. The summed E-state index contributed by atoms with van der Waals surface area (Å²) in [4.78, 5) is 10.3. The van der Waals surface area contributed by atoms with Crippen molar-refractivity contribution in [2.75, 3.05) is 0 Å². The maximum atomic E-state index is 14.0. The fourth-order valence-corrected chi connectivity index (χ4v) is 3.82. The van der Waals surface area contributed by atoms with Crippen molar-refractivity contribution in [3.05, 3.63) is 0 Å². The summed E-state index contributed by atoms with van der Waals surface area (Å²) in [6, 6.07) is 0. The average molecular weight is 782 g/mol. The third-order valence-electron chi connectivity index (χ3n) is 6.35. The number of aliphatic carboxylic acids is 1. The lowest BCUT2D eigenvalue weighted by molar-refractivity contribution is -0.504. The van der Waals surface area contributed by atoms with E-state index in [1.165, 1.54) is 0 Å². The third kappa shape index (κ3) is 8.28. The van der Waals surface area contributed by atoms with E-state index in [1.807, 2.05) is 0 Å². The predicted molar refractivity (Wildman–Crippen MR) is 116 cm³/mol. The molecule has 0 aromatic rings. The lowest BCUT2D eigenvalue weighted by atomic mass is 9.87. The minimum absolute atomic E-state index is 0.118.